The fourth-order valence-corrected chi connectivity index (χ4v) is 2.66. The van der Waals surface area contributed by atoms with E-state index in [0.717, 1.165) is 15.9 Å². The smallest absolute Gasteiger partial charge is 0.340 e. The lowest BCUT2D eigenvalue weighted by atomic mass is 10.1. The molecule has 4 nitrogen and oxygen atoms in total. The minimum atomic E-state index is -0.716. The topological polar surface area (TPSA) is 55.4 Å². The van der Waals surface area contributed by atoms with Crippen LogP contribution < -0.4 is 5.32 Å². The van der Waals surface area contributed by atoms with Crippen LogP contribution in [0.5, 0.6) is 0 Å². The summed E-state index contributed by atoms with van der Waals surface area (Å²) in [7, 11) is 1.19. The molecule has 2 aromatic rings. The van der Waals surface area contributed by atoms with Gasteiger partial charge in [-0.15, -0.1) is 11.3 Å². The molecule has 0 aliphatic carbocycles. The Balaban J connectivity index is 2.29. The van der Waals surface area contributed by atoms with Gasteiger partial charge in [0.15, 0.2) is 0 Å². The fourth-order valence-electron chi connectivity index (χ4n) is 1.53. The number of ether oxygens (including phenoxy) is 1. The van der Waals surface area contributed by atoms with Crippen molar-refractivity contribution in [3.8, 4) is 0 Å². The predicted octanol–water partition coefficient (Wildman–Crippen LogP) is 3.69. The van der Waals surface area contributed by atoms with Crippen LogP contribution in [0.3, 0.4) is 0 Å². The second-order valence-electron chi connectivity index (χ2n) is 3.78. The zero-order valence-corrected chi connectivity index (χ0v) is 12.7. The van der Waals surface area contributed by atoms with Crippen LogP contribution in [-0.4, -0.2) is 19.0 Å². The molecule has 0 spiro atoms. The first-order valence-electron chi connectivity index (χ1n) is 5.44. The van der Waals surface area contributed by atoms with E-state index in [1.807, 2.05) is 0 Å². The Bertz CT molecular complexity index is 671. The summed E-state index contributed by atoms with van der Waals surface area (Å²) < 4.78 is 18.6. The van der Waals surface area contributed by atoms with E-state index in [2.05, 4.69) is 26.0 Å². The van der Waals surface area contributed by atoms with Crippen molar-refractivity contribution >= 4 is 44.8 Å². The molecule has 0 atom stereocenters. The van der Waals surface area contributed by atoms with Gasteiger partial charge in [-0.1, -0.05) is 0 Å². The number of halogens is 2. The van der Waals surface area contributed by atoms with Gasteiger partial charge in [-0.2, -0.15) is 0 Å². The lowest BCUT2D eigenvalue weighted by Crippen LogP contribution is -2.15. The number of carbonyl (C=O) groups excluding carboxylic acids is 2. The molecule has 0 aliphatic heterocycles. The average molecular weight is 358 g/mol. The first kappa shape index (κ1) is 14.7. The van der Waals surface area contributed by atoms with Gasteiger partial charge in [0.1, 0.15) is 5.82 Å². The molecule has 104 valence electrons. The summed E-state index contributed by atoms with van der Waals surface area (Å²) in [6.07, 6.45) is 0. The molecule has 0 radical (unpaired) electrons. The summed E-state index contributed by atoms with van der Waals surface area (Å²) in [4.78, 5) is 23.6. The molecule has 0 bridgehead atoms. The highest BCUT2D eigenvalue weighted by Gasteiger charge is 2.16. The highest BCUT2D eigenvalue weighted by Crippen LogP contribution is 2.23. The molecule has 1 aromatic heterocycles. The molecule has 2 rings (SSSR count). The van der Waals surface area contributed by atoms with E-state index < -0.39 is 11.8 Å². The van der Waals surface area contributed by atoms with Crippen molar-refractivity contribution in [2.24, 2.45) is 0 Å². The normalized spacial score (nSPS) is 10.2. The monoisotopic (exact) mass is 357 g/mol. The van der Waals surface area contributed by atoms with Crippen LogP contribution in [0.15, 0.2) is 33.4 Å². The quantitative estimate of drug-likeness (QED) is 0.852. The molecule has 1 aromatic carbocycles. The molecule has 1 N–H and O–H groups in total. The van der Waals surface area contributed by atoms with Crippen molar-refractivity contribution in [2.75, 3.05) is 12.4 Å². The standard InChI is InChI=1S/C13H9BrFNO3S/c1-19-13(18)9-5-8(15)2-3-10(9)16-12(17)7-4-11(14)20-6-7/h2-6H,1H3,(H,16,17). The van der Waals surface area contributed by atoms with Crippen LogP contribution in [-0.2, 0) is 4.74 Å². The van der Waals surface area contributed by atoms with Gasteiger partial charge in [0.25, 0.3) is 5.91 Å². The third-order valence-corrected chi connectivity index (χ3v) is 3.97. The molecular formula is C13H9BrFNO3S. The van der Waals surface area contributed by atoms with Gasteiger partial charge in [-0.3, -0.25) is 4.79 Å². The maximum Gasteiger partial charge on any atom is 0.340 e. The number of rotatable bonds is 3. The number of hydrogen-bond donors (Lipinski definition) is 1. The summed E-state index contributed by atoms with van der Waals surface area (Å²) in [5.41, 5.74) is 0.614. The van der Waals surface area contributed by atoms with Gasteiger partial charge in [-0.05, 0) is 40.2 Å². The van der Waals surface area contributed by atoms with E-state index in [1.165, 1.54) is 24.5 Å². The van der Waals surface area contributed by atoms with E-state index >= 15 is 0 Å². The Morgan fingerprint density at radius 2 is 2.10 bits per heavy atom. The average Bonchev–Trinajstić information content (AvgIpc) is 2.86. The molecular weight excluding hydrogens is 349 g/mol. The molecule has 0 fully saturated rings. The van der Waals surface area contributed by atoms with Crippen LogP contribution in [0, 0.1) is 5.82 Å². The number of nitrogens with one attached hydrogen (secondary N) is 1. The highest BCUT2D eigenvalue weighted by molar-refractivity contribution is 9.11. The van der Waals surface area contributed by atoms with Crippen molar-refractivity contribution in [3.63, 3.8) is 0 Å². The fraction of sp³-hybridized carbons (Fsp3) is 0.0769. The Kier molecular flexibility index (Phi) is 4.51. The van der Waals surface area contributed by atoms with Gasteiger partial charge < -0.3 is 10.1 Å². The highest BCUT2D eigenvalue weighted by atomic mass is 79.9. The predicted molar refractivity (Wildman–Crippen MR) is 77.7 cm³/mol. The zero-order valence-electron chi connectivity index (χ0n) is 10.3. The van der Waals surface area contributed by atoms with Gasteiger partial charge in [-0.25, -0.2) is 9.18 Å². The van der Waals surface area contributed by atoms with Crippen molar-refractivity contribution in [1.29, 1.82) is 0 Å². The lowest BCUT2D eigenvalue weighted by molar-refractivity contribution is 0.0601. The second kappa shape index (κ2) is 6.15. The SMILES string of the molecule is COC(=O)c1cc(F)ccc1NC(=O)c1csc(Br)c1. The van der Waals surface area contributed by atoms with Gasteiger partial charge in [0.2, 0.25) is 0 Å². The number of anilines is 1. The molecule has 0 aliphatic rings. The first-order chi connectivity index (χ1) is 9.51. The van der Waals surface area contributed by atoms with E-state index in [1.54, 1.807) is 11.4 Å². The molecule has 0 saturated carbocycles. The van der Waals surface area contributed by atoms with E-state index in [4.69, 9.17) is 0 Å². The number of carbonyl (C=O) groups is 2. The third-order valence-electron chi connectivity index (χ3n) is 2.46. The van der Waals surface area contributed by atoms with E-state index in [-0.39, 0.29) is 17.2 Å². The number of amides is 1. The summed E-state index contributed by atoms with van der Waals surface area (Å²) >= 11 is 4.62. The largest absolute Gasteiger partial charge is 0.465 e. The minimum absolute atomic E-state index is 0.0323. The Hall–Kier alpha value is -1.73. The van der Waals surface area contributed by atoms with Crippen LogP contribution in [0.2, 0.25) is 0 Å². The number of hydrogen-bond acceptors (Lipinski definition) is 4. The van der Waals surface area contributed by atoms with Crippen molar-refractivity contribution < 1.29 is 18.7 Å². The first-order valence-corrected chi connectivity index (χ1v) is 7.12. The van der Waals surface area contributed by atoms with Gasteiger partial charge >= 0.3 is 5.97 Å². The minimum Gasteiger partial charge on any atom is -0.465 e. The number of methoxy groups -OCH3 is 1. The molecule has 0 unspecified atom stereocenters. The lowest BCUT2D eigenvalue weighted by Gasteiger charge is -2.09. The molecule has 1 heterocycles. The Morgan fingerprint density at radius 3 is 2.70 bits per heavy atom. The van der Waals surface area contributed by atoms with Crippen molar-refractivity contribution in [1.82, 2.24) is 0 Å². The van der Waals surface area contributed by atoms with E-state index in [0.29, 0.717) is 5.56 Å². The third kappa shape index (κ3) is 3.23. The second-order valence-corrected chi connectivity index (χ2v) is 6.07. The van der Waals surface area contributed by atoms with Crippen molar-refractivity contribution in [2.45, 2.75) is 0 Å². The number of thiophene rings is 1. The molecule has 1 amide bonds. The summed E-state index contributed by atoms with van der Waals surface area (Å²) in [5.74, 6) is -1.68. The zero-order chi connectivity index (χ0) is 14.7. The summed E-state index contributed by atoms with van der Waals surface area (Å²) in [6.45, 7) is 0. The van der Waals surface area contributed by atoms with Crippen molar-refractivity contribution in [3.05, 3.63) is 50.4 Å². The number of benzene rings is 1. The summed E-state index contributed by atoms with van der Waals surface area (Å²) in [5, 5.41) is 4.23. The van der Waals surface area contributed by atoms with Crippen LogP contribution in [0.1, 0.15) is 20.7 Å². The molecule has 0 saturated heterocycles. The maximum atomic E-state index is 13.2. The summed E-state index contributed by atoms with van der Waals surface area (Å²) in [6, 6.07) is 5.15. The van der Waals surface area contributed by atoms with Gasteiger partial charge in [0, 0.05) is 5.38 Å². The van der Waals surface area contributed by atoms with Crippen LogP contribution >= 0.6 is 27.3 Å². The van der Waals surface area contributed by atoms with Crippen LogP contribution in [0.25, 0.3) is 0 Å². The van der Waals surface area contributed by atoms with E-state index in [9.17, 15) is 14.0 Å². The Morgan fingerprint density at radius 1 is 1.35 bits per heavy atom. The molecule has 20 heavy (non-hydrogen) atoms. The number of esters is 1. The molecule has 7 heteroatoms. The Labute approximate surface area is 126 Å². The van der Waals surface area contributed by atoms with Crippen LogP contribution in [0.4, 0.5) is 10.1 Å². The maximum absolute atomic E-state index is 13.2. The van der Waals surface area contributed by atoms with Gasteiger partial charge in [0.05, 0.1) is 27.7 Å².